The molecule has 0 unspecified atom stereocenters. The monoisotopic (exact) mass is 276 g/mol. The van der Waals surface area contributed by atoms with Gasteiger partial charge in [0, 0.05) is 12.7 Å². The molecule has 0 atom stereocenters. The largest absolute Gasteiger partial charge is 0.462 e. The minimum absolute atomic E-state index is 0.305. The maximum atomic E-state index is 11.9. The summed E-state index contributed by atoms with van der Waals surface area (Å²) < 4.78 is 5.06. The van der Waals surface area contributed by atoms with E-state index in [0.29, 0.717) is 23.9 Å². The van der Waals surface area contributed by atoms with Gasteiger partial charge in [-0.25, -0.2) is 9.78 Å². The second kappa shape index (κ2) is 7.27. The third-order valence-electron chi connectivity index (χ3n) is 4.00. The van der Waals surface area contributed by atoms with E-state index in [9.17, 15) is 4.79 Å². The van der Waals surface area contributed by atoms with Gasteiger partial charge >= 0.3 is 5.97 Å². The van der Waals surface area contributed by atoms with Gasteiger partial charge in [-0.1, -0.05) is 19.8 Å². The summed E-state index contributed by atoms with van der Waals surface area (Å²) in [6.45, 7) is 5.40. The zero-order valence-electron chi connectivity index (χ0n) is 12.4. The minimum Gasteiger partial charge on any atom is -0.462 e. The Hall–Kier alpha value is -1.58. The smallest absolute Gasteiger partial charge is 0.341 e. The van der Waals surface area contributed by atoms with Gasteiger partial charge in [-0.05, 0) is 43.7 Å². The Balaban J connectivity index is 1.94. The number of anilines is 1. The lowest BCUT2D eigenvalue weighted by atomic mass is 9.83. The van der Waals surface area contributed by atoms with Crippen molar-refractivity contribution >= 4 is 11.8 Å². The maximum Gasteiger partial charge on any atom is 0.341 e. The maximum absolute atomic E-state index is 11.9. The Morgan fingerprint density at radius 2 is 2.15 bits per heavy atom. The highest BCUT2D eigenvalue weighted by molar-refractivity contribution is 5.94. The molecule has 20 heavy (non-hydrogen) atoms. The molecule has 0 aromatic carbocycles. The first-order chi connectivity index (χ1) is 9.70. The highest BCUT2D eigenvalue weighted by Crippen LogP contribution is 2.28. The van der Waals surface area contributed by atoms with Crippen LogP contribution in [0.5, 0.6) is 0 Å². The van der Waals surface area contributed by atoms with E-state index in [-0.39, 0.29) is 5.97 Å². The number of nitrogens with zero attached hydrogens (tertiary/aromatic N) is 1. The molecule has 4 heteroatoms. The zero-order chi connectivity index (χ0) is 14.4. The number of ether oxygens (including phenoxy) is 1. The fourth-order valence-electron chi connectivity index (χ4n) is 2.69. The summed E-state index contributed by atoms with van der Waals surface area (Å²) in [6.07, 6.45) is 6.83. The number of rotatable bonds is 5. The van der Waals surface area contributed by atoms with Crippen molar-refractivity contribution in [1.29, 1.82) is 0 Å². The predicted octanol–water partition coefficient (Wildman–Crippen LogP) is 3.50. The van der Waals surface area contributed by atoms with E-state index in [1.807, 2.05) is 6.92 Å². The lowest BCUT2D eigenvalue weighted by Gasteiger charge is -2.26. The van der Waals surface area contributed by atoms with Crippen molar-refractivity contribution in [2.45, 2.75) is 39.5 Å². The van der Waals surface area contributed by atoms with Gasteiger partial charge in [0.1, 0.15) is 11.4 Å². The van der Waals surface area contributed by atoms with Gasteiger partial charge < -0.3 is 10.1 Å². The molecule has 0 aliphatic heterocycles. The van der Waals surface area contributed by atoms with Crippen molar-refractivity contribution in [2.75, 3.05) is 18.5 Å². The van der Waals surface area contributed by atoms with Crippen molar-refractivity contribution in [1.82, 2.24) is 4.98 Å². The van der Waals surface area contributed by atoms with Crippen LogP contribution in [-0.4, -0.2) is 24.1 Å². The number of nitrogens with one attached hydrogen (secondary N) is 1. The van der Waals surface area contributed by atoms with Gasteiger partial charge in [0.2, 0.25) is 0 Å². The first kappa shape index (κ1) is 14.8. The van der Waals surface area contributed by atoms with Crippen LogP contribution in [0.1, 0.15) is 49.9 Å². The van der Waals surface area contributed by atoms with E-state index in [0.717, 1.165) is 12.5 Å². The highest BCUT2D eigenvalue weighted by atomic mass is 16.5. The Morgan fingerprint density at radius 1 is 1.40 bits per heavy atom. The van der Waals surface area contributed by atoms with Gasteiger partial charge in [0.15, 0.2) is 0 Å². The molecule has 1 fully saturated rings. The van der Waals surface area contributed by atoms with Crippen molar-refractivity contribution in [3.8, 4) is 0 Å². The molecule has 0 radical (unpaired) electrons. The summed E-state index contributed by atoms with van der Waals surface area (Å²) in [6, 6.07) is 3.52. The summed E-state index contributed by atoms with van der Waals surface area (Å²) in [5, 5.41) is 3.33. The van der Waals surface area contributed by atoms with E-state index >= 15 is 0 Å². The molecule has 1 heterocycles. The lowest BCUT2D eigenvalue weighted by molar-refractivity contribution is 0.0527. The van der Waals surface area contributed by atoms with E-state index in [1.165, 1.54) is 25.7 Å². The molecular weight excluding hydrogens is 252 g/mol. The van der Waals surface area contributed by atoms with Crippen LogP contribution >= 0.6 is 0 Å². The van der Waals surface area contributed by atoms with E-state index in [4.69, 9.17) is 4.74 Å². The number of hydrogen-bond acceptors (Lipinski definition) is 4. The lowest BCUT2D eigenvalue weighted by Crippen LogP contribution is -2.21. The van der Waals surface area contributed by atoms with Crippen LogP contribution in [0.2, 0.25) is 0 Å². The molecule has 1 aliphatic carbocycles. The molecule has 1 aliphatic rings. The number of carbonyl (C=O) groups is 1. The van der Waals surface area contributed by atoms with Crippen LogP contribution in [0.25, 0.3) is 0 Å². The third-order valence-corrected chi connectivity index (χ3v) is 4.00. The molecule has 0 amide bonds. The fourth-order valence-corrected chi connectivity index (χ4v) is 2.69. The summed E-state index contributed by atoms with van der Waals surface area (Å²) in [7, 11) is 0. The van der Waals surface area contributed by atoms with Crippen molar-refractivity contribution in [2.24, 2.45) is 11.8 Å². The first-order valence-corrected chi connectivity index (χ1v) is 7.56. The summed E-state index contributed by atoms with van der Waals surface area (Å²) in [5.41, 5.74) is 0.526. The second-order valence-corrected chi connectivity index (χ2v) is 5.63. The summed E-state index contributed by atoms with van der Waals surface area (Å²) >= 11 is 0. The van der Waals surface area contributed by atoms with E-state index in [1.54, 1.807) is 18.3 Å². The summed E-state index contributed by atoms with van der Waals surface area (Å²) in [4.78, 5) is 16.1. The Morgan fingerprint density at radius 3 is 2.85 bits per heavy atom. The van der Waals surface area contributed by atoms with Gasteiger partial charge in [0.25, 0.3) is 0 Å². The second-order valence-electron chi connectivity index (χ2n) is 5.63. The number of hydrogen-bond donors (Lipinski definition) is 1. The van der Waals surface area contributed by atoms with Crippen LogP contribution in [0.4, 0.5) is 5.82 Å². The molecule has 1 aromatic heterocycles. The molecule has 1 N–H and O–H groups in total. The third kappa shape index (κ3) is 3.95. The topological polar surface area (TPSA) is 51.2 Å². The molecule has 4 nitrogen and oxygen atoms in total. The predicted molar refractivity (Wildman–Crippen MR) is 79.8 cm³/mol. The van der Waals surface area contributed by atoms with E-state index in [2.05, 4.69) is 17.2 Å². The standard InChI is InChI=1S/C16H24N2O2/c1-3-20-16(19)14-5-4-10-17-15(14)18-11-13-8-6-12(2)7-9-13/h4-5,10,12-13H,3,6-9,11H2,1-2H3,(H,17,18). The molecule has 1 aromatic rings. The minimum atomic E-state index is -0.305. The van der Waals surface area contributed by atoms with Crippen molar-refractivity contribution in [3.63, 3.8) is 0 Å². The number of carbonyl (C=O) groups excluding carboxylic acids is 1. The zero-order valence-corrected chi connectivity index (χ0v) is 12.4. The molecule has 1 saturated carbocycles. The normalized spacial score (nSPS) is 22.3. The van der Waals surface area contributed by atoms with Gasteiger partial charge in [-0.3, -0.25) is 0 Å². The fraction of sp³-hybridized carbons (Fsp3) is 0.625. The van der Waals surface area contributed by atoms with Crippen LogP contribution in [-0.2, 0) is 4.74 Å². The molecule has 0 bridgehead atoms. The van der Waals surface area contributed by atoms with Crippen LogP contribution in [0.15, 0.2) is 18.3 Å². The quantitative estimate of drug-likeness (QED) is 0.836. The number of esters is 1. The number of aromatic nitrogens is 1. The van der Waals surface area contributed by atoms with Gasteiger partial charge in [-0.2, -0.15) is 0 Å². The average molecular weight is 276 g/mol. The SMILES string of the molecule is CCOC(=O)c1cccnc1NCC1CCC(C)CC1. The molecule has 2 rings (SSSR count). The van der Waals surface area contributed by atoms with Crippen molar-refractivity contribution < 1.29 is 9.53 Å². The Kier molecular flexibility index (Phi) is 5.39. The van der Waals surface area contributed by atoms with E-state index < -0.39 is 0 Å². The Labute approximate surface area is 120 Å². The van der Waals surface area contributed by atoms with Crippen LogP contribution in [0, 0.1) is 11.8 Å². The average Bonchev–Trinajstić information content (AvgIpc) is 2.47. The van der Waals surface area contributed by atoms with Gasteiger partial charge in [-0.15, -0.1) is 0 Å². The van der Waals surface area contributed by atoms with Crippen molar-refractivity contribution in [3.05, 3.63) is 23.9 Å². The molecule has 0 spiro atoms. The Bertz CT molecular complexity index is 440. The molecule has 110 valence electrons. The summed E-state index contributed by atoms with van der Waals surface area (Å²) in [5.74, 6) is 1.88. The molecular formula is C16H24N2O2. The van der Waals surface area contributed by atoms with Crippen LogP contribution in [0.3, 0.4) is 0 Å². The first-order valence-electron chi connectivity index (χ1n) is 7.56. The molecule has 0 saturated heterocycles. The number of pyridine rings is 1. The van der Waals surface area contributed by atoms with Crippen LogP contribution < -0.4 is 5.32 Å². The highest BCUT2D eigenvalue weighted by Gasteiger charge is 2.19. The van der Waals surface area contributed by atoms with Gasteiger partial charge in [0.05, 0.1) is 6.61 Å².